The van der Waals surface area contributed by atoms with Gasteiger partial charge >= 0.3 is 6.36 Å². The van der Waals surface area contributed by atoms with Crippen molar-refractivity contribution in [2.24, 2.45) is 5.92 Å². The maximum absolute atomic E-state index is 12.7. The number of para-hydroxylation sites is 1. The van der Waals surface area contributed by atoms with Crippen molar-refractivity contribution in [3.63, 3.8) is 0 Å². The van der Waals surface area contributed by atoms with Crippen molar-refractivity contribution in [2.75, 3.05) is 26.2 Å². The molecule has 0 bridgehead atoms. The number of rotatable bonds is 5. The molecular formula is C16H23Cl2F3N2O. The van der Waals surface area contributed by atoms with E-state index in [1.54, 1.807) is 18.2 Å². The van der Waals surface area contributed by atoms with E-state index < -0.39 is 6.36 Å². The van der Waals surface area contributed by atoms with Gasteiger partial charge in [0.15, 0.2) is 0 Å². The van der Waals surface area contributed by atoms with E-state index in [1.165, 1.54) is 18.9 Å². The van der Waals surface area contributed by atoms with Crippen molar-refractivity contribution in [1.29, 1.82) is 0 Å². The maximum atomic E-state index is 12.7. The van der Waals surface area contributed by atoms with E-state index in [1.807, 2.05) is 0 Å². The second-order valence-corrected chi connectivity index (χ2v) is 6.07. The largest absolute Gasteiger partial charge is 0.573 e. The first-order valence-corrected chi connectivity index (χ1v) is 7.82. The van der Waals surface area contributed by atoms with Gasteiger partial charge in [-0.2, -0.15) is 0 Å². The molecule has 0 aromatic heterocycles. The van der Waals surface area contributed by atoms with Gasteiger partial charge < -0.3 is 10.1 Å². The Morgan fingerprint density at radius 3 is 2.33 bits per heavy atom. The van der Waals surface area contributed by atoms with Gasteiger partial charge in [0, 0.05) is 37.8 Å². The average molecular weight is 387 g/mol. The number of hydrogen-bond acceptors (Lipinski definition) is 3. The Balaban J connectivity index is 0.00000144. The second-order valence-electron chi connectivity index (χ2n) is 6.07. The summed E-state index contributed by atoms with van der Waals surface area (Å²) < 4.78 is 42.2. The lowest BCUT2D eigenvalue weighted by Gasteiger charge is -2.36. The van der Waals surface area contributed by atoms with Crippen LogP contribution in [0.5, 0.6) is 5.75 Å². The Labute approximate surface area is 152 Å². The molecule has 24 heavy (non-hydrogen) atoms. The lowest BCUT2D eigenvalue weighted by atomic mass is 9.97. The van der Waals surface area contributed by atoms with Crippen molar-refractivity contribution in [3.8, 4) is 5.75 Å². The Hall–Kier alpha value is -0.690. The van der Waals surface area contributed by atoms with Crippen LogP contribution in [-0.2, 0) is 0 Å². The predicted molar refractivity (Wildman–Crippen MR) is 92.1 cm³/mol. The van der Waals surface area contributed by atoms with Crippen LogP contribution in [0.15, 0.2) is 24.3 Å². The molecule has 1 saturated carbocycles. The third-order valence-electron chi connectivity index (χ3n) is 4.35. The molecule has 3 nitrogen and oxygen atoms in total. The summed E-state index contributed by atoms with van der Waals surface area (Å²) in [5.74, 6) is 0.581. The van der Waals surface area contributed by atoms with E-state index in [4.69, 9.17) is 0 Å². The van der Waals surface area contributed by atoms with Crippen LogP contribution in [-0.4, -0.2) is 37.4 Å². The summed E-state index contributed by atoms with van der Waals surface area (Å²) in [7, 11) is 0. The first kappa shape index (κ1) is 21.4. The minimum atomic E-state index is -4.65. The molecular weight excluding hydrogens is 364 g/mol. The molecule has 1 aliphatic heterocycles. The van der Waals surface area contributed by atoms with Crippen molar-refractivity contribution in [3.05, 3.63) is 29.8 Å². The molecule has 1 aromatic rings. The number of alkyl halides is 3. The highest BCUT2D eigenvalue weighted by Gasteiger charge is 2.36. The van der Waals surface area contributed by atoms with Crippen LogP contribution < -0.4 is 10.1 Å². The molecule has 0 spiro atoms. The number of nitrogens with zero attached hydrogens (tertiary/aromatic N) is 1. The first-order chi connectivity index (χ1) is 10.5. The molecule has 1 aliphatic carbocycles. The molecule has 1 heterocycles. The van der Waals surface area contributed by atoms with E-state index in [2.05, 4.69) is 15.0 Å². The van der Waals surface area contributed by atoms with Crippen LogP contribution in [0.3, 0.4) is 0 Å². The molecule has 1 saturated heterocycles. The second kappa shape index (κ2) is 9.13. The number of benzene rings is 1. The SMILES string of the molecule is Cl.Cl.FC(F)(F)Oc1ccccc1[C@H](CC1CC1)N1CCNCC1. The molecule has 0 amide bonds. The summed E-state index contributed by atoms with van der Waals surface area (Å²) in [6.07, 6.45) is -1.36. The molecule has 2 fully saturated rings. The van der Waals surface area contributed by atoms with E-state index in [0.29, 0.717) is 11.5 Å². The van der Waals surface area contributed by atoms with Gasteiger partial charge in [0.1, 0.15) is 5.75 Å². The maximum Gasteiger partial charge on any atom is 0.573 e. The first-order valence-electron chi connectivity index (χ1n) is 7.82. The molecule has 138 valence electrons. The van der Waals surface area contributed by atoms with Gasteiger partial charge in [-0.1, -0.05) is 31.0 Å². The predicted octanol–water partition coefficient (Wildman–Crippen LogP) is 4.18. The van der Waals surface area contributed by atoms with Gasteiger partial charge in [-0.25, -0.2) is 0 Å². The Morgan fingerprint density at radius 2 is 1.75 bits per heavy atom. The van der Waals surface area contributed by atoms with Crippen LogP contribution in [0.1, 0.15) is 30.9 Å². The van der Waals surface area contributed by atoms with Gasteiger partial charge in [-0.05, 0) is 18.4 Å². The van der Waals surface area contributed by atoms with Gasteiger partial charge in [0.05, 0.1) is 0 Å². The molecule has 1 N–H and O–H groups in total. The fourth-order valence-electron chi connectivity index (χ4n) is 3.11. The quantitative estimate of drug-likeness (QED) is 0.821. The highest BCUT2D eigenvalue weighted by atomic mass is 35.5. The summed E-state index contributed by atoms with van der Waals surface area (Å²) in [5.41, 5.74) is 0.661. The van der Waals surface area contributed by atoms with Crippen LogP contribution in [0.4, 0.5) is 13.2 Å². The van der Waals surface area contributed by atoms with E-state index in [9.17, 15) is 13.2 Å². The van der Waals surface area contributed by atoms with Crippen LogP contribution in [0.2, 0.25) is 0 Å². The van der Waals surface area contributed by atoms with Gasteiger partial charge in [0.2, 0.25) is 0 Å². The average Bonchev–Trinajstić information content (AvgIpc) is 3.29. The van der Waals surface area contributed by atoms with Gasteiger partial charge in [-0.15, -0.1) is 38.0 Å². The van der Waals surface area contributed by atoms with Crippen LogP contribution >= 0.6 is 24.8 Å². The monoisotopic (exact) mass is 386 g/mol. The Morgan fingerprint density at radius 1 is 1.12 bits per heavy atom. The number of nitrogens with one attached hydrogen (secondary N) is 1. The minimum absolute atomic E-state index is 0. The zero-order chi connectivity index (χ0) is 15.6. The van der Waals surface area contributed by atoms with Crippen molar-refractivity contribution < 1.29 is 17.9 Å². The molecule has 0 radical (unpaired) electrons. The van der Waals surface area contributed by atoms with Gasteiger partial charge in [0.25, 0.3) is 0 Å². The zero-order valence-corrected chi connectivity index (χ0v) is 14.9. The Kier molecular flexibility index (Phi) is 8.12. The van der Waals surface area contributed by atoms with Crippen molar-refractivity contribution in [1.82, 2.24) is 10.2 Å². The summed E-state index contributed by atoms with van der Waals surface area (Å²) in [4.78, 5) is 2.29. The topological polar surface area (TPSA) is 24.5 Å². The number of halogens is 5. The lowest BCUT2D eigenvalue weighted by molar-refractivity contribution is -0.275. The summed E-state index contributed by atoms with van der Waals surface area (Å²) in [5, 5.41) is 3.29. The van der Waals surface area contributed by atoms with Crippen LogP contribution in [0, 0.1) is 5.92 Å². The normalized spacial score (nSPS) is 19.8. The fourth-order valence-corrected chi connectivity index (χ4v) is 3.11. The summed E-state index contributed by atoms with van der Waals surface area (Å²) in [6.45, 7) is 3.47. The summed E-state index contributed by atoms with van der Waals surface area (Å²) in [6, 6.07) is 6.59. The highest BCUT2D eigenvalue weighted by Crippen LogP contribution is 2.43. The van der Waals surface area contributed by atoms with Crippen molar-refractivity contribution >= 4 is 24.8 Å². The third kappa shape index (κ3) is 5.99. The highest BCUT2D eigenvalue weighted by molar-refractivity contribution is 5.85. The van der Waals surface area contributed by atoms with Crippen LogP contribution in [0.25, 0.3) is 0 Å². The molecule has 1 aromatic carbocycles. The summed E-state index contributed by atoms with van der Waals surface area (Å²) >= 11 is 0. The minimum Gasteiger partial charge on any atom is -0.405 e. The molecule has 1 atom stereocenters. The molecule has 8 heteroatoms. The Bertz CT molecular complexity index is 506. The fraction of sp³-hybridized carbons (Fsp3) is 0.625. The number of hydrogen-bond donors (Lipinski definition) is 1. The van der Waals surface area contributed by atoms with E-state index >= 15 is 0 Å². The lowest BCUT2D eigenvalue weighted by Crippen LogP contribution is -2.45. The molecule has 3 rings (SSSR count). The zero-order valence-electron chi connectivity index (χ0n) is 13.2. The number of ether oxygens (including phenoxy) is 1. The molecule has 2 aliphatic rings. The van der Waals surface area contributed by atoms with Crippen molar-refractivity contribution in [2.45, 2.75) is 31.7 Å². The smallest absolute Gasteiger partial charge is 0.405 e. The van der Waals surface area contributed by atoms with Gasteiger partial charge in [-0.3, -0.25) is 4.90 Å². The standard InChI is InChI=1S/C16H21F3N2O.2ClH/c17-16(18,19)22-15-4-2-1-3-13(15)14(11-12-5-6-12)21-9-7-20-8-10-21;;/h1-4,12,14,20H,5-11H2;2*1H/t14-;;/m0../s1. The number of piperazine rings is 1. The van der Waals surface area contributed by atoms with E-state index in [-0.39, 0.29) is 36.6 Å². The van der Waals surface area contributed by atoms with E-state index in [0.717, 1.165) is 32.6 Å². The third-order valence-corrected chi connectivity index (χ3v) is 4.35. The molecule has 0 unspecified atom stereocenters.